The predicted octanol–water partition coefficient (Wildman–Crippen LogP) is 3.87. The average molecular weight is 378 g/mol. The van der Waals surface area contributed by atoms with E-state index in [1.54, 1.807) is 23.1 Å². The molecule has 0 radical (unpaired) electrons. The summed E-state index contributed by atoms with van der Waals surface area (Å²) in [5, 5.41) is 1.07. The van der Waals surface area contributed by atoms with E-state index in [1.165, 1.54) is 12.4 Å². The van der Waals surface area contributed by atoms with Crippen molar-refractivity contribution < 1.29 is 9.53 Å². The van der Waals surface area contributed by atoms with Crippen LogP contribution in [-0.2, 0) is 4.79 Å². The van der Waals surface area contributed by atoms with Gasteiger partial charge in [0.25, 0.3) is 0 Å². The quantitative estimate of drug-likeness (QED) is 0.758. The highest BCUT2D eigenvalue weighted by atomic mass is 35.5. The van der Waals surface area contributed by atoms with Crippen molar-refractivity contribution in [2.24, 2.45) is 0 Å². The first-order valence-corrected chi connectivity index (χ1v) is 8.73. The van der Waals surface area contributed by atoms with Crippen LogP contribution in [0.3, 0.4) is 0 Å². The first-order chi connectivity index (χ1) is 12.1. The number of ether oxygens (including phenoxy) is 1. The Morgan fingerprint density at radius 3 is 2.76 bits per heavy atom. The van der Waals surface area contributed by atoms with Crippen LogP contribution in [-0.4, -0.2) is 40.0 Å². The zero-order valence-electron chi connectivity index (χ0n) is 13.4. The monoisotopic (exact) mass is 377 g/mol. The maximum absolute atomic E-state index is 12.4. The van der Waals surface area contributed by atoms with Crippen LogP contribution in [0, 0.1) is 0 Å². The van der Waals surface area contributed by atoms with Gasteiger partial charge in [0.05, 0.1) is 24.0 Å². The highest BCUT2D eigenvalue weighted by Crippen LogP contribution is 2.18. The second kappa shape index (κ2) is 8.32. The molecule has 25 heavy (non-hydrogen) atoms. The summed E-state index contributed by atoms with van der Waals surface area (Å²) in [5.74, 6) is -0.0646. The molecule has 0 saturated carbocycles. The third-order valence-electron chi connectivity index (χ3n) is 3.87. The van der Waals surface area contributed by atoms with Gasteiger partial charge in [0.2, 0.25) is 5.91 Å². The number of aromatic nitrogens is 2. The average Bonchev–Trinajstić information content (AvgIpc) is 2.63. The minimum absolute atomic E-state index is 0.0646. The maximum atomic E-state index is 12.4. The van der Waals surface area contributed by atoms with Crippen molar-refractivity contribution in [3.05, 3.63) is 58.3 Å². The van der Waals surface area contributed by atoms with Crippen molar-refractivity contribution in [1.82, 2.24) is 14.9 Å². The Morgan fingerprint density at radius 1 is 1.24 bits per heavy atom. The lowest BCUT2D eigenvalue weighted by Gasteiger charge is -2.31. The lowest BCUT2D eigenvalue weighted by molar-refractivity contribution is -0.128. The van der Waals surface area contributed by atoms with E-state index in [9.17, 15) is 4.79 Å². The van der Waals surface area contributed by atoms with Crippen molar-refractivity contribution in [3.8, 4) is 6.01 Å². The lowest BCUT2D eigenvalue weighted by Crippen LogP contribution is -2.43. The Bertz CT molecular complexity index is 765. The van der Waals surface area contributed by atoms with Crippen molar-refractivity contribution >= 4 is 35.2 Å². The van der Waals surface area contributed by atoms with E-state index in [0.29, 0.717) is 23.1 Å². The number of hydrogen-bond acceptors (Lipinski definition) is 4. The summed E-state index contributed by atoms with van der Waals surface area (Å²) in [7, 11) is 0. The molecule has 7 heteroatoms. The molecular formula is C18H17Cl2N3O2. The maximum Gasteiger partial charge on any atom is 0.316 e. The summed E-state index contributed by atoms with van der Waals surface area (Å²) in [6.45, 7) is 1.20. The molecule has 1 aliphatic rings. The van der Waals surface area contributed by atoms with Crippen LogP contribution in [0.1, 0.15) is 18.4 Å². The first kappa shape index (κ1) is 17.7. The molecule has 3 rings (SSSR count). The molecule has 0 N–H and O–H groups in total. The van der Waals surface area contributed by atoms with E-state index < -0.39 is 0 Å². The van der Waals surface area contributed by atoms with Gasteiger partial charge >= 0.3 is 6.01 Å². The summed E-state index contributed by atoms with van der Waals surface area (Å²) >= 11 is 11.9. The number of carbonyl (C=O) groups is 1. The van der Waals surface area contributed by atoms with Gasteiger partial charge in [-0.2, -0.15) is 0 Å². The number of hydrogen-bond donors (Lipinski definition) is 0. The van der Waals surface area contributed by atoms with Crippen molar-refractivity contribution in [1.29, 1.82) is 0 Å². The molecule has 2 aromatic rings. The zero-order valence-corrected chi connectivity index (χ0v) is 15.0. The van der Waals surface area contributed by atoms with Gasteiger partial charge in [-0.25, -0.2) is 9.97 Å². The molecule has 1 fully saturated rings. The van der Waals surface area contributed by atoms with Gasteiger partial charge in [0.15, 0.2) is 0 Å². The van der Waals surface area contributed by atoms with E-state index in [4.69, 9.17) is 27.9 Å². The third kappa shape index (κ3) is 4.94. The molecule has 1 aliphatic heterocycles. The molecule has 1 aromatic heterocycles. The van der Waals surface area contributed by atoms with Crippen molar-refractivity contribution in [2.75, 3.05) is 13.1 Å². The molecule has 5 nitrogen and oxygen atoms in total. The summed E-state index contributed by atoms with van der Waals surface area (Å²) < 4.78 is 5.75. The van der Waals surface area contributed by atoms with E-state index in [2.05, 4.69) is 9.97 Å². The number of piperidine rings is 1. The summed E-state index contributed by atoms with van der Waals surface area (Å²) in [5.41, 5.74) is 0.817. The van der Waals surface area contributed by atoms with Gasteiger partial charge in [-0.15, -0.1) is 0 Å². The third-order valence-corrected chi connectivity index (χ3v) is 4.41. The Kier molecular flexibility index (Phi) is 5.89. The van der Waals surface area contributed by atoms with E-state index in [1.807, 2.05) is 18.2 Å². The fraction of sp³-hybridized carbons (Fsp3) is 0.278. The van der Waals surface area contributed by atoms with Crippen LogP contribution < -0.4 is 4.74 Å². The Morgan fingerprint density at radius 2 is 2.00 bits per heavy atom. The van der Waals surface area contributed by atoms with Gasteiger partial charge in [-0.05, 0) is 30.5 Å². The molecule has 2 heterocycles. The van der Waals surface area contributed by atoms with Crippen LogP contribution in [0.25, 0.3) is 6.08 Å². The minimum Gasteiger partial charge on any atom is -0.458 e. The minimum atomic E-state index is -0.132. The Balaban J connectivity index is 1.59. The molecule has 1 amide bonds. The lowest BCUT2D eigenvalue weighted by atomic mass is 10.1. The highest BCUT2D eigenvalue weighted by molar-refractivity contribution is 6.32. The standard InChI is InChI=1S/C18H17Cl2N3O2/c19-14-10-21-18(22-11-14)25-15-5-3-9-23(12-15)17(24)8-7-13-4-1-2-6-16(13)20/h1-2,4,6-8,10-11,15H,3,5,9,12H2/b8-7+. The molecule has 1 aromatic carbocycles. The molecule has 1 unspecified atom stereocenters. The molecule has 130 valence electrons. The van der Waals surface area contributed by atoms with Gasteiger partial charge < -0.3 is 9.64 Å². The van der Waals surface area contributed by atoms with Gasteiger partial charge in [0.1, 0.15) is 6.10 Å². The van der Waals surface area contributed by atoms with Crippen LogP contribution >= 0.6 is 23.2 Å². The normalized spacial score (nSPS) is 17.7. The topological polar surface area (TPSA) is 55.3 Å². The molecule has 0 bridgehead atoms. The van der Waals surface area contributed by atoms with Gasteiger partial charge in [-0.1, -0.05) is 41.4 Å². The van der Waals surface area contributed by atoms with Gasteiger partial charge in [-0.3, -0.25) is 4.79 Å². The zero-order chi connectivity index (χ0) is 17.6. The fourth-order valence-corrected chi connectivity index (χ4v) is 2.92. The van der Waals surface area contributed by atoms with E-state index in [0.717, 1.165) is 18.4 Å². The Labute approximate surface area is 156 Å². The second-order valence-electron chi connectivity index (χ2n) is 5.71. The van der Waals surface area contributed by atoms with E-state index >= 15 is 0 Å². The van der Waals surface area contributed by atoms with Crippen LogP contribution in [0.15, 0.2) is 42.7 Å². The second-order valence-corrected chi connectivity index (χ2v) is 6.55. The van der Waals surface area contributed by atoms with Crippen molar-refractivity contribution in [2.45, 2.75) is 18.9 Å². The predicted molar refractivity (Wildman–Crippen MR) is 97.8 cm³/mol. The fourth-order valence-electron chi connectivity index (χ4n) is 2.62. The number of benzene rings is 1. The van der Waals surface area contributed by atoms with Crippen LogP contribution in [0.2, 0.25) is 10.0 Å². The molecule has 1 saturated heterocycles. The summed E-state index contributed by atoms with van der Waals surface area (Å²) in [6, 6.07) is 7.67. The Hall–Kier alpha value is -2.11. The molecule has 1 atom stereocenters. The SMILES string of the molecule is O=C(/C=C/c1ccccc1Cl)N1CCCC(Oc2ncc(Cl)cn2)C1. The van der Waals surface area contributed by atoms with Crippen molar-refractivity contribution in [3.63, 3.8) is 0 Å². The number of halogens is 2. The number of rotatable bonds is 4. The largest absolute Gasteiger partial charge is 0.458 e. The number of carbonyl (C=O) groups excluding carboxylic acids is 1. The van der Waals surface area contributed by atoms with E-state index in [-0.39, 0.29) is 18.0 Å². The molecule has 0 aliphatic carbocycles. The summed E-state index contributed by atoms with van der Waals surface area (Å²) in [6.07, 6.45) is 7.84. The summed E-state index contributed by atoms with van der Waals surface area (Å²) in [4.78, 5) is 22.2. The molecular weight excluding hydrogens is 361 g/mol. The molecule has 0 spiro atoms. The van der Waals surface area contributed by atoms with Crippen LogP contribution in [0.5, 0.6) is 6.01 Å². The number of amides is 1. The number of nitrogens with zero attached hydrogens (tertiary/aromatic N) is 3. The first-order valence-electron chi connectivity index (χ1n) is 7.97. The smallest absolute Gasteiger partial charge is 0.316 e. The number of likely N-dealkylation sites (tertiary alicyclic amines) is 1. The highest BCUT2D eigenvalue weighted by Gasteiger charge is 2.24. The van der Waals surface area contributed by atoms with Gasteiger partial charge in [0, 0.05) is 17.6 Å². The van der Waals surface area contributed by atoms with Crippen LogP contribution in [0.4, 0.5) is 0 Å².